The molecule has 2 heterocycles. The van der Waals surface area contributed by atoms with Gasteiger partial charge in [0, 0.05) is 24.7 Å². The minimum absolute atomic E-state index is 0.168. The normalized spacial score (nSPS) is 15.0. The number of benzene rings is 3. The fourth-order valence-electron chi connectivity index (χ4n) is 5.05. The van der Waals surface area contributed by atoms with Crippen molar-refractivity contribution in [1.82, 2.24) is 10.2 Å². The number of nitrogens with one attached hydrogen (secondary N) is 1. The summed E-state index contributed by atoms with van der Waals surface area (Å²) in [6.07, 6.45) is 8.37. The van der Waals surface area contributed by atoms with Gasteiger partial charge in [0.2, 0.25) is 0 Å². The number of hydrogen-bond donors (Lipinski definition) is 2. The quantitative estimate of drug-likeness (QED) is 0.154. The Labute approximate surface area is 256 Å². The standard InChI is InChI=1S/C35H35FN4O4/c36-28-21-26(17-18-32(28)44-20-12-4-2-1-3-11-19-37-35(42)43)23-30-34(41)40-24-31(27-15-9-6-10-16-27)38-29(33(40)39-30)22-25-13-7-5-8-14-25/h5-10,13-18,21,23-24,37H,1-4,11-12,19-20,22H2,(H,42,43). The van der Waals surface area contributed by atoms with E-state index in [0.29, 0.717) is 42.4 Å². The van der Waals surface area contributed by atoms with Crippen LogP contribution in [0, 0.1) is 5.82 Å². The first-order valence-electron chi connectivity index (χ1n) is 14.9. The Bertz CT molecular complexity index is 1600. The monoisotopic (exact) mass is 594 g/mol. The van der Waals surface area contributed by atoms with Crippen molar-refractivity contribution in [2.24, 2.45) is 9.98 Å². The maximum absolute atomic E-state index is 14.9. The Kier molecular flexibility index (Phi) is 10.3. The van der Waals surface area contributed by atoms with Gasteiger partial charge in [0.1, 0.15) is 5.70 Å². The molecule has 0 unspecified atom stereocenters. The molecule has 0 radical (unpaired) electrons. The largest absolute Gasteiger partial charge is 0.491 e. The Hall–Kier alpha value is -5.05. The molecule has 0 saturated carbocycles. The van der Waals surface area contributed by atoms with E-state index in [1.165, 1.54) is 11.0 Å². The number of amidine groups is 1. The number of nitrogens with zero attached hydrogens (tertiary/aromatic N) is 3. The highest BCUT2D eigenvalue weighted by atomic mass is 19.1. The molecule has 0 saturated heterocycles. The lowest BCUT2D eigenvalue weighted by atomic mass is 10.1. The fourth-order valence-corrected chi connectivity index (χ4v) is 5.05. The summed E-state index contributed by atoms with van der Waals surface area (Å²) in [6.45, 7) is 0.874. The van der Waals surface area contributed by atoms with Crippen LogP contribution in [0.25, 0.3) is 11.8 Å². The molecule has 0 fully saturated rings. The van der Waals surface area contributed by atoms with E-state index in [1.807, 2.05) is 60.7 Å². The maximum atomic E-state index is 14.9. The van der Waals surface area contributed by atoms with E-state index < -0.39 is 11.9 Å². The van der Waals surface area contributed by atoms with E-state index in [-0.39, 0.29) is 17.4 Å². The first-order valence-corrected chi connectivity index (χ1v) is 14.9. The van der Waals surface area contributed by atoms with E-state index in [2.05, 4.69) is 10.3 Å². The van der Waals surface area contributed by atoms with E-state index in [1.54, 1.807) is 24.4 Å². The molecule has 8 nitrogen and oxygen atoms in total. The highest BCUT2D eigenvalue weighted by molar-refractivity contribution is 6.48. The van der Waals surface area contributed by atoms with E-state index in [0.717, 1.165) is 49.7 Å². The second-order valence-corrected chi connectivity index (χ2v) is 10.6. The number of carboxylic acid groups (broad SMARTS) is 1. The summed E-state index contributed by atoms with van der Waals surface area (Å²) in [5.74, 6) is -0.158. The third-order valence-corrected chi connectivity index (χ3v) is 7.31. The third kappa shape index (κ3) is 8.06. The molecular weight excluding hydrogens is 559 g/mol. The van der Waals surface area contributed by atoms with Gasteiger partial charge in [0.15, 0.2) is 17.4 Å². The van der Waals surface area contributed by atoms with Crippen LogP contribution < -0.4 is 10.1 Å². The molecule has 44 heavy (non-hydrogen) atoms. The molecule has 3 aromatic carbocycles. The SMILES string of the molecule is O=C(O)NCCCCCCCCOc1ccc(C=C2N=C3C(Cc4ccccc4)=NC(c4ccccc4)=CN3C2=O)cc1F. The second-order valence-electron chi connectivity index (χ2n) is 10.6. The molecule has 9 heteroatoms. The van der Waals surface area contributed by atoms with Crippen molar-refractivity contribution in [2.45, 2.75) is 44.9 Å². The summed E-state index contributed by atoms with van der Waals surface area (Å²) in [7, 11) is 0. The molecule has 3 aromatic rings. The molecule has 2 N–H and O–H groups in total. The van der Waals surface area contributed by atoms with E-state index >= 15 is 0 Å². The van der Waals surface area contributed by atoms with Crippen LogP contribution in [0.4, 0.5) is 9.18 Å². The average molecular weight is 595 g/mol. The van der Waals surface area contributed by atoms with Crippen molar-refractivity contribution in [3.05, 3.63) is 113 Å². The Balaban J connectivity index is 1.22. The van der Waals surface area contributed by atoms with Gasteiger partial charge < -0.3 is 15.2 Å². The van der Waals surface area contributed by atoms with Crippen LogP contribution in [-0.4, -0.2) is 46.7 Å². The molecule has 2 amide bonds. The zero-order valence-corrected chi connectivity index (χ0v) is 24.4. The lowest BCUT2D eigenvalue weighted by Gasteiger charge is -2.21. The van der Waals surface area contributed by atoms with Gasteiger partial charge in [0.05, 0.1) is 18.0 Å². The fraction of sp³-hybridized carbons (Fsp3) is 0.257. The van der Waals surface area contributed by atoms with Crippen LogP contribution in [0.1, 0.15) is 55.2 Å². The molecule has 0 aliphatic carbocycles. The van der Waals surface area contributed by atoms with Crippen LogP contribution in [0.2, 0.25) is 0 Å². The van der Waals surface area contributed by atoms with Crippen molar-refractivity contribution in [2.75, 3.05) is 13.2 Å². The van der Waals surface area contributed by atoms with Gasteiger partial charge in [-0.2, -0.15) is 0 Å². The summed E-state index contributed by atoms with van der Waals surface area (Å²) < 4.78 is 20.6. The first-order chi connectivity index (χ1) is 21.5. The number of hydrogen-bond acceptors (Lipinski definition) is 5. The highest BCUT2D eigenvalue weighted by Gasteiger charge is 2.35. The molecule has 0 atom stereocenters. The lowest BCUT2D eigenvalue weighted by molar-refractivity contribution is -0.120. The van der Waals surface area contributed by atoms with Crippen molar-refractivity contribution < 1.29 is 23.8 Å². The Morgan fingerprint density at radius 2 is 1.61 bits per heavy atom. The number of halogens is 1. The molecule has 0 spiro atoms. The van der Waals surface area contributed by atoms with E-state index in [4.69, 9.17) is 14.8 Å². The van der Waals surface area contributed by atoms with Gasteiger partial charge in [-0.05, 0) is 42.2 Å². The number of ether oxygens (including phenoxy) is 1. The number of carbonyl (C=O) groups is 2. The van der Waals surface area contributed by atoms with Crippen molar-refractivity contribution in [3.8, 4) is 5.75 Å². The number of unbranched alkanes of at least 4 members (excludes halogenated alkanes) is 5. The van der Waals surface area contributed by atoms with E-state index in [9.17, 15) is 14.0 Å². The minimum atomic E-state index is -0.992. The summed E-state index contributed by atoms with van der Waals surface area (Å²) >= 11 is 0. The van der Waals surface area contributed by atoms with Gasteiger partial charge in [-0.25, -0.2) is 19.2 Å². The molecule has 2 aliphatic heterocycles. The molecule has 0 aromatic heterocycles. The predicted octanol–water partition coefficient (Wildman–Crippen LogP) is 7.09. The summed E-state index contributed by atoms with van der Waals surface area (Å²) in [5.41, 5.74) is 4.01. The molecule has 2 aliphatic rings. The summed E-state index contributed by atoms with van der Waals surface area (Å²) in [4.78, 5) is 35.0. The Morgan fingerprint density at radius 3 is 2.34 bits per heavy atom. The lowest BCUT2D eigenvalue weighted by Crippen LogP contribution is -2.36. The summed E-state index contributed by atoms with van der Waals surface area (Å²) in [6, 6.07) is 24.2. The minimum Gasteiger partial charge on any atom is -0.491 e. The molecule has 0 bridgehead atoms. The van der Waals surface area contributed by atoms with Crippen LogP contribution in [0.5, 0.6) is 5.75 Å². The van der Waals surface area contributed by atoms with Gasteiger partial charge >= 0.3 is 6.09 Å². The zero-order valence-electron chi connectivity index (χ0n) is 24.4. The topological polar surface area (TPSA) is 104 Å². The van der Waals surface area contributed by atoms with Crippen molar-refractivity contribution in [1.29, 1.82) is 0 Å². The van der Waals surface area contributed by atoms with Crippen LogP contribution >= 0.6 is 0 Å². The third-order valence-electron chi connectivity index (χ3n) is 7.31. The van der Waals surface area contributed by atoms with Crippen LogP contribution in [0.3, 0.4) is 0 Å². The number of amides is 2. The summed E-state index contributed by atoms with van der Waals surface area (Å²) in [5, 5.41) is 10.9. The maximum Gasteiger partial charge on any atom is 0.404 e. The first kappa shape index (κ1) is 30.4. The zero-order chi connectivity index (χ0) is 30.7. The van der Waals surface area contributed by atoms with Crippen molar-refractivity contribution in [3.63, 3.8) is 0 Å². The van der Waals surface area contributed by atoms with Gasteiger partial charge in [-0.3, -0.25) is 9.69 Å². The highest BCUT2D eigenvalue weighted by Crippen LogP contribution is 2.29. The molecular formula is C35H35FN4O4. The molecule has 226 valence electrons. The van der Waals surface area contributed by atoms with Crippen LogP contribution in [0.15, 0.2) is 101 Å². The average Bonchev–Trinajstić information content (AvgIpc) is 3.34. The number of rotatable bonds is 14. The smallest absolute Gasteiger partial charge is 0.404 e. The van der Waals surface area contributed by atoms with Crippen LogP contribution in [-0.2, 0) is 11.2 Å². The number of aliphatic imine (C=N–C) groups is 2. The molecule has 5 rings (SSSR count). The number of carbonyl (C=O) groups excluding carboxylic acids is 1. The Morgan fingerprint density at radius 1 is 0.909 bits per heavy atom. The number of fused-ring (bicyclic) bond motifs is 1. The predicted molar refractivity (Wildman–Crippen MR) is 170 cm³/mol. The van der Waals surface area contributed by atoms with Gasteiger partial charge in [0.25, 0.3) is 5.91 Å². The van der Waals surface area contributed by atoms with Crippen molar-refractivity contribution >= 4 is 35.3 Å². The second kappa shape index (κ2) is 14.9. The van der Waals surface area contributed by atoms with Gasteiger partial charge in [-0.1, -0.05) is 92.4 Å². The van der Waals surface area contributed by atoms with Gasteiger partial charge in [-0.15, -0.1) is 0 Å².